The highest BCUT2D eigenvalue weighted by atomic mass is 19.1. The number of rotatable bonds is 6. The van der Waals surface area contributed by atoms with E-state index in [4.69, 9.17) is 9.84 Å². The van der Waals surface area contributed by atoms with Gasteiger partial charge in [0.05, 0.1) is 6.54 Å². The number of likely N-dealkylation sites (tertiary alicyclic amines) is 2. The number of nitrogens with one attached hydrogen (secondary N) is 1. The van der Waals surface area contributed by atoms with Crippen LogP contribution in [-0.2, 0) is 32.1 Å². The fraction of sp³-hybridized carbons (Fsp3) is 0.407. The summed E-state index contributed by atoms with van der Waals surface area (Å²) < 4.78 is 20.0. The van der Waals surface area contributed by atoms with Crippen molar-refractivity contribution in [1.29, 1.82) is 0 Å². The highest BCUT2D eigenvalue weighted by Crippen LogP contribution is 2.38. The molecule has 0 saturated carbocycles. The average Bonchev–Trinajstić information content (AvgIpc) is 3.62. The summed E-state index contributed by atoms with van der Waals surface area (Å²) >= 11 is 0. The van der Waals surface area contributed by atoms with Crippen LogP contribution in [0.4, 0.5) is 9.18 Å². The highest BCUT2D eigenvalue weighted by Gasteiger charge is 2.45. The molecular formula is C27H28FN3O6. The minimum atomic E-state index is -1.39. The Kier molecular flexibility index (Phi) is 6.82. The summed E-state index contributed by atoms with van der Waals surface area (Å²) in [6.45, 7) is -0.553. The van der Waals surface area contributed by atoms with Crippen LogP contribution in [0.1, 0.15) is 36.0 Å². The molecule has 0 radical (unpaired) electrons. The quantitative estimate of drug-likeness (QED) is 0.528. The molecule has 1 aliphatic carbocycles. The van der Waals surface area contributed by atoms with Crippen LogP contribution in [0.15, 0.2) is 42.5 Å². The number of halogens is 1. The lowest BCUT2D eigenvalue weighted by molar-refractivity contribution is -0.142. The van der Waals surface area contributed by atoms with E-state index >= 15 is 0 Å². The number of alkyl halides is 1. The number of ether oxygens (including phenoxy) is 1. The largest absolute Gasteiger partial charge is 0.480 e. The lowest BCUT2D eigenvalue weighted by atomic mass is 10.0. The molecule has 0 unspecified atom stereocenters. The number of fused-ring (bicyclic) bond motifs is 3. The first-order valence-corrected chi connectivity index (χ1v) is 12.4. The number of carbonyl (C=O) groups excluding carboxylic acids is 3. The van der Waals surface area contributed by atoms with E-state index < -0.39 is 48.7 Å². The van der Waals surface area contributed by atoms with E-state index in [0.717, 1.165) is 33.6 Å². The van der Waals surface area contributed by atoms with Gasteiger partial charge in [-0.3, -0.25) is 19.3 Å². The second-order valence-electron chi connectivity index (χ2n) is 9.63. The van der Waals surface area contributed by atoms with Crippen LogP contribution in [0.25, 0.3) is 11.1 Å². The zero-order chi connectivity index (χ0) is 26.1. The lowest BCUT2D eigenvalue weighted by Gasteiger charge is -2.30. The molecule has 2 heterocycles. The Labute approximate surface area is 213 Å². The highest BCUT2D eigenvalue weighted by molar-refractivity contribution is 5.93. The third-order valence-electron chi connectivity index (χ3n) is 7.32. The van der Waals surface area contributed by atoms with Crippen molar-refractivity contribution in [1.82, 2.24) is 15.1 Å². The van der Waals surface area contributed by atoms with Crippen molar-refractivity contribution in [3.8, 4) is 11.1 Å². The van der Waals surface area contributed by atoms with E-state index in [2.05, 4.69) is 17.4 Å². The summed E-state index contributed by atoms with van der Waals surface area (Å²) in [5.74, 6) is -2.29. The van der Waals surface area contributed by atoms with Crippen molar-refractivity contribution in [2.24, 2.45) is 0 Å². The van der Waals surface area contributed by atoms with Gasteiger partial charge in [0.25, 0.3) is 0 Å². The molecule has 3 amide bonds. The lowest BCUT2D eigenvalue weighted by Crippen LogP contribution is -2.53. The SMILES string of the molecule is O=C(O)CNC(=O)[C@@H]1CCCN1C(=O)[C@@H]1C[C@@H](F)CN1C(=O)OCc1cccc2c1Cc1ccccc1-2. The molecule has 2 aliphatic heterocycles. The van der Waals surface area contributed by atoms with E-state index in [-0.39, 0.29) is 26.1 Å². The molecule has 0 spiro atoms. The van der Waals surface area contributed by atoms with E-state index in [1.807, 2.05) is 30.3 Å². The molecule has 2 aromatic carbocycles. The predicted octanol–water partition coefficient (Wildman–Crippen LogP) is 2.50. The van der Waals surface area contributed by atoms with Crippen LogP contribution in [0.2, 0.25) is 0 Å². The number of carboxylic acid groups (broad SMARTS) is 1. The van der Waals surface area contributed by atoms with Crippen LogP contribution in [0.3, 0.4) is 0 Å². The second-order valence-corrected chi connectivity index (χ2v) is 9.63. The maximum atomic E-state index is 14.4. The van der Waals surface area contributed by atoms with Crippen molar-refractivity contribution in [2.75, 3.05) is 19.6 Å². The third kappa shape index (κ3) is 4.87. The van der Waals surface area contributed by atoms with E-state index in [1.165, 1.54) is 10.5 Å². The number of nitrogens with zero attached hydrogens (tertiary/aromatic N) is 2. The zero-order valence-corrected chi connectivity index (χ0v) is 20.2. The summed E-state index contributed by atoms with van der Waals surface area (Å²) in [5, 5.41) is 11.1. The first-order valence-electron chi connectivity index (χ1n) is 12.4. The van der Waals surface area contributed by atoms with Crippen molar-refractivity contribution < 1.29 is 33.4 Å². The molecule has 3 aliphatic rings. The van der Waals surface area contributed by atoms with Gasteiger partial charge < -0.3 is 20.1 Å². The van der Waals surface area contributed by atoms with Gasteiger partial charge in [-0.15, -0.1) is 0 Å². The van der Waals surface area contributed by atoms with Gasteiger partial charge in [-0.25, -0.2) is 9.18 Å². The first-order chi connectivity index (χ1) is 17.8. The Morgan fingerprint density at radius 3 is 2.62 bits per heavy atom. The van der Waals surface area contributed by atoms with E-state index in [1.54, 1.807) is 0 Å². The molecule has 0 bridgehead atoms. The molecule has 2 aromatic rings. The van der Waals surface area contributed by atoms with Gasteiger partial charge in [-0.05, 0) is 47.1 Å². The summed E-state index contributed by atoms with van der Waals surface area (Å²) in [7, 11) is 0. The Morgan fingerprint density at radius 2 is 1.81 bits per heavy atom. The minimum absolute atomic E-state index is 0.00566. The fourth-order valence-electron chi connectivity index (χ4n) is 5.58. The number of aliphatic carboxylic acids is 1. The van der Waals surface area contributed by atoms with Crippen LogP contribution in [0.5, 0.6) is 0 Å². The molecule has 0 aromatic heterocycles. The number of hydrogen-bond acceptors (Lipinski definition) is 5. The van der Waals surface area contributed by atoms with Gasteiger partial charge in [-0.2, -0.15) is 0 Å². The molecule has 194 valence electrons. The Morgan fingerprint density at radius 1 is 1.03 bits per heavy atom. The van der Waals surface area contributed by atoms with Crippen molar-refractivity contribution in [3.63, 3.8) is 0 Å². The average molecular weight is 510 g/mol. The number of carboxylic acids is 1. The monoisotopic (exact) mass is 509 g/mol. The van der Waals surface area contributed by atoms with Gasteiger partial charge >= 0.3 is 12.1 Å². The predicted molar refractivity (Wildman–Crippen MR) is 130 cm³/mol. The third-order valence-corrected chi connectivity index (χ3v) is 7.32. The Balaban J connectivity index is 1.26. The number of carbonyl (C=O) groups is 4. The molecule has 2 fully saturated rings. The summed E-state index contributed by atoms with van der Waals surface area (Å²) in [6.07, 6.45) is -0.693. The van der Waals surface area contributed by atoms with Gasteiger partial charge in [0, 0.05) is 13.0 Å². The van der Waals surface area contributed by atoms with Crippen LogP contribution >= 0.6 is 0 Å². The molecular weight excluding hydrogens is 481 g/mol. The van der Waals surface area contributed by atoms with Crippen LogP contribution in [0, 0.1) is 0 Å². The molecule has 2 N–H and O–H groups in total. The van der Waals surface area contributed by atoms with Crippen LogP contribution in [-0.4, -0.2) is 76.7 Å². The zero-order valence-electron chi connectivity index (χ0n) is 20.2. The topological polar surface area (TPSA) is 116 Å². The van der Waals surface area contributed by atoms with Gasteiger partial charge in [0.15, 0.2) is 0 Å². The maximum absolute atomic E-state index is 14.4. The van der Waals surface area contributed by atoms with E-state index in [0.29, 0.717) is 12.8 Å². The summed E-state index contributed by atoms with van der Waals surface area (Å²) in [4.78, 5) is 52.0. The molecule has 37 heavy (non-hydrogen) atoms. The van der Waals surface area contributed by atoms with Crippen molar-refractivity contribution in [2.45, 2.75) is 50.5 Å². The van der Waals surface area contributed by atoms with Crippen molar-refractivity contribution in [3.05, 3.63) is 59.2 Å². The van der Waals surface area contributed by atoms with Gasteiger partial charge in [-0.1, -0.05) is 42.5 Å². The fourth-order valence-corrected chi connectivity index (χ4v) is 5.58. The molecule has 3 atom stereocenters. The normalized spacial score (nSPS) is 21.9. The van der Waals surface area contributed by atoms with E-state index in [9.17, 15) is 23.6 Å². The number of benzene rings is 2. The smallest absolute Gasteiger partial charge is 0.410 e. The summed E-state index contributed by atoms with van der Waals surface area (Å²) in [6, 6.07) is 12.0. The Bertz CT molecular complexity index is 1250. The number of amides is 3. The second kappa shape index (κ2) is 10.2. The molecule has 5 rings (SSSR count). The summed E-state index contributed by atoms with van der Waals surface area (Å²) in [5.41, 5.74) is 5.40. The molecule has 9 nitrogen and oxygen atoms in total. The van der Waals surface area contributed by atoms with Crippen LogP contribution < -0.4 is 5.32 Å². The maximum Gasteiger partial charge on any atom is 0.410 e. The van der Waals surface area contributed by atoms with Crippen molar-refractivity contribution >= 4 is 23.9 Å². The minimum Gasteiger partial charge on any atom is -0.480 e. The standard InChI is InChI=1S/C27H28FN3O6/c28-18-12-23(26(35)30-10-4-9-22(30)25(34)29-13-24(32)33)31(14-18)27(36)37-15-17-6-3-8-20-19-7-2-1-5-16(19)11-21(17)20/h1-3,5-8,18,22-23H,4,9-15H2,(H,29,34)(H,32,33)/t18-,22+,23+/m1/s1. The number of hydrogen-bond donors (Lipinski definition) is 2. The first kappa shape index (κ1) is 24.7. The molecule has 10 heteroatoms. The molecule has 2 saturated heterocycles. The Hall–Kier alpha value is -3.95. The van der Waals surface area contributed by atoms with Gasteiger partial charge in [0.2, 0.25) is 11.8 Å². The van der Waals surface area contributed by atoms with Gasteiger partial charge in [0.1, 0.15) is 31.4 Å².